The molecule has 1 N–H and O–H groups in total. The number of hydrogen-bond donors (Lipinski definition) is 1. The van der Waals surface area contributed by atoms with Crippen LogP contribution in [0.2, 0.25) is 0 Å². The molecular formula is C20H16N2O3. The van der Waals surface area contributed by atoms with Gasteiger partial charge in [0.25, 0.3) is 11.8 Å². The summed E-state index contributed by atoms with van der Waals surface area (Å²) in [5, 5.41) is 2.88. The molecule has 1 aliphatic rings. The van der Waals surface area contributed by atoms with Gasteiger partial charge in [0.05, 0.1) is 6.26 Å². The smallest absolute Gasteiger partial charge is 0.293 e. The SMILES string of the molecule is O=C(Nc1ccc2c(c1)N(C(=O)c1ccco1)CC2)c1ccccc1. The Bertz CT molecular complexity index is 917. The van der Waals surface area contributed by atoms with Crippen molar-refractivity contribution in [3.8, 4) is 0 Å². The lowest BCUT2D eigenvalue weighted by atomic mass is 10.1. The predicted molar refractivity (Wildman–Crippen MR) is 94.9 cm³/mol. The first-order chi connectivity index (χ1) is 12.2. The molecular weight excluding hydrogens is 316 g/mol. The van der Waals surface area contributed by atoms with Gasteiger partial charge in [-0.05, 0) is 48.4 Å². The summed E-state index contributed by atoms with van der Waals surface area (Å²) in [6, 6.07) is 18.0. The molecule has 124 valence electrons. The summed E-state index contributed by atoms with van der Waals surface area (Å²) < 4.78 is 5.21. The van der Waals surface area contributed by atoms with Gasteiger partial charge in [-0.1, -0.05) is 24.3 Å². The van der Waals surface area contributed by atoms with Gasteiger partial charge in [0.1, 0.15) is 0 Å². The molecule has 0 aliphatic carbocycles. The highest BCUT2D eigenvalue weighted by molar-refractivity contribution is 6.07. The van der Waals surface area contributed by atoms with Crippen LogP contribution in [0.15, 0.2) is 71.3 Å². The first kappa shape index (κ1) is 15.2. The van der Waals surface area contributed by atoms with E-state index in [-0.39, 0.29) is 11.8 Å². The number of nitrogens with one attached hydrogen (secondary N) is 1. The summed E-state index contributed by atoms with van der Waals surface area (Å²) in [6.07, 6.45) is 2.27. The molecule has 25 heavy (non-hydrogen) atoms. The van der Waals surface area contributed by atoms with E-state index in [1.165, 1.54) is 6.26 Å². The van der Waals surface area contributed by atoms with Crippen LogP contribution in [0.4, 0.5) is 11.4 Å². The number of amides is 2. The van der Waals surface area contributed by atoms with Gasteiger partial charge < -0.3 is 14.6 Å². The Labute approximate surface area is 144 Å². The van der Waals surface area contributed by atoms with Crippen molar-refractivity contribution in [1.82, 2.24) is 0 Å². The van der Waals surface area contributed by atoms with Gasteiger partial charge in [-0.3, -0.25) is 9.59 Å². The minimum absolute atomic E-state index is 0.171. The van der Waals surface area contributed by atoms with E-state index < -0.39 is 0 Å². The standard InChI is InChI=1S/C20H16N2O3/c23-19(15-5-2-1-3-6-15)21-16-9-8-14-10-11-22(17(14)13-16)20(24)18-7-4-12-25-18/h1-9,12-13H,10-11H2,(H,21,23). The fourth-order valence-corrected chi connectivity index (χ4v) is 2.99. The first-order valence-corrected chi connectivity index (χ1v) is 8.07. The van der Waals surface area contributed by atoms with Gasteiger partial charge in [0, 0.05) is 23.5 Å². The second-order valence-electron chi connectivity index (χ2n) is 5.85. The molecule has 0 spiro atoms. The lowest BCUT2D eigenvalue weighted by Gasteiger charge is -2.17. The number of carbonyl (C=O) groups excluding carboxylic acids is 2. The highest BCUT2D eigenvalue weighted by atomic mass is 16.3. The van der Waals surface area contributed by atoms with Crippen molar-refractivity contribution in [2.45, 2.75) is 6.42 Å². The molecule has 3 aromatic rings. The maximum atomic E-state index is 12.6. The van der Waals surface area contributed by atoms with Crippen LogP contribution >= 0.6 is 0 Å². The van der Waals surface area contributed by atoms with Crippen molar-refractivity contribution in [2.75, 3.05) is 16.8 Å². The molecule has 0 saturated heterocycles. The number of anilines is 2. The van der Waals surface area contributed by atoms with Crippen molar-refractivity contribution in [3.63, 3.8) is 0 Å². The quantitative estimate of drug-likeness (QED) is 0.795. The van der Waals surface area contributed by atoms with Crippen molar-refractivity contribution < 1.29 is 14.0 Å². The highest BCUT2D eigenvalue weighted by Gasteiger charge is 2.27. The number of nitrogens with zero attached hydrogens (tertiary/aromatic N) is 1. The van der Waals surface area contributed by atoms with E-state index >= 15 is 0 Å². The molecule has 1 aromatic heterocycles. The van der Waals surface area contributed by atoms with E-state index in [4.69, 9.17) is 4.42 Å². The Morgan fingerprint density at radius 2 is 1.84 bits per heavy atom. The topological polar surface area (TPSA) is 62.6 Å². The van der Waals surface area contributed by atoms with Crippen LogP contribution in [0.5, 0.6) is 0 Å². The zero-order chi connectivity index (χ0) is 17.2. The normalized spacial score (nSPS) is 12.7. The first-order valence-electron chi connectivity index (χ1n) is 8.07. The zero-order valence-electron chi connectivity index (χ0n) is 13.4. The summed E-state index contributed by atoms with van der Waals surface area (Å²) in [6.45, 7) is 0.602. The molecule has 0 fully saturated rings. The Hall–Kier alpha value is -3.34. The predicted octanol–water partition coefficient (Wildman–Crippen LogP) is 3.73. The highest BCUT2D eigenvalue weighted by Crippen LogP contribution is 2.32. The molecule has 0 unspecified atom stereocenters. The summed E-state index contributed by atoms with van der Waals surface area (Å²) in [5.41, 5.74) is 3.14. The summed E-state index contributed by atoms with van der Waals surface area (Å²) in [4.78, 5) is 26.6. The van der Waals surface area contributed by atoms with E-state index in [2.05, 4.69) is 5.32 Å². The van der Waals surface area contributed by atoms with Crippen LogP contribution in [0.3, 0.4) is 0 Å². The second kappa shape index (κ2) is 6.28. The van der Waals surface area contributed by atoms with E-state index in [0.29, 0.717) is 23.6 Å². The number of furan rings is 1. The van der Waals surface area contributed by atoms with Crippen molar-refractivity contribution >= 4 is 23.2 Å². The lowest BCUT2D eigenvalue weighted by Crippen LogP contribution is -2.28. The fourth-order valence-electron chi connectivity index (χ4n) is 2.99. The average Bonchev–Trinajstić information content (AvgIpc) is 3.31. The third-order valence-electron chi connectivity index (χ3n) is 4.25. The molecule has 1 aliphatic heterocycles. The van der Waals surface area contributed by atoms with Crippen LogP contribution in [0.25, 0.3) is 0 Å². The van der Waals surface area contributed by atoms with Gasteiger partial charge >= 0.3 is 0 Å². The Morgan fingerprint density at radius 1 is 1.00 bits per heavy atom. The van der Waals surface area contributed by atoms with Gasteiger partial charge in [-0.15, -0.1) is 0 Å². The second-order valence-corrected chi connectivity index (χ2v) is 5.85. The fraction of sp³-hybridized carbons (Fsp3) is 0.100. The average molecular weight is 332 g/mol. The summed E-state index contributed by atoms with van der Waals surface area (Å²) >= 11 is 0. The van der Waals surface area contributed by atoms with E-state index in [1.807, 2.05) is 36.4 Å². The third-order valence-corrected chi connectivity index (χ3v) is 4.25. The Morgan fingerprint density at radius 3 is 2.60 bits per heavy atom. The third kappa shape index (κ3) is 2.92. The maximum absolute atomic E-state index is 12.6. The van der Waals surface area contributed by atoms with Crippen LogP contribution in [-0.2, 0) is 6.42 Å². The lowest BCUT2D eigenvalue weighted by molar-refractivity contribution is 0.0962. The number of rotatable bonds is 3. The van der Waals surface area contributed by atoms with E-state index in [9.17, 15) is 9.59 Å². The summed E-state index contributed by atoms with van der Waals surface area (Å²) in [7, 11) is 0. The minimum atomic E-state index is -0.178. The molecule has 0 bridgehead atoms. The van der Waals surface area contributed by atoms with Gasteiger partial charge in [-0.2, -0.15) is 0 Å². The molecule has 4 rings (SSSR count). The van der Waals surface area contributed by atoms with Crippen LogP contribution in [0, 0.1) is 0 Å². The number of fused-ring (bicyclic) bond motifs is 1. The Kier molecular flexibility index (Phi) is 3.82. The van der Waals surface area contributed by atoms with E-state index in [0.717, 1.165) is 17.7 Å². The van der Waals surface area contributed by atoms with Gasteiger partial charge in [0.15, 0.2) is 5.76 Å². The van der Waals surface area contributed by atoms with Crippen molar-refractivity contribution in [2.24, 2.45) is 0 Å². The monoisotopic (exact) mass is 332 g/mol. The van der Waals surface area contributed by atoms with Gasteiger partial charge in [0.2, 0.25) is 0 Å². The Balaban J connectivity index is 1.58. The van der Waals surface area contributed by atoms with Crippen LogP contribution in [0.1, 0.15) is 26.5 Å². The molecule has 2 heterocycles. The molecule has 0 atom stereocenters. The largest absolute Gasteiger partial charge is 0.459 e. The molecule has 5 heteroatoms. The molecule has 2 aromatic carbocycles. The van der Waals surface area contributed by atoms with Crippen molar-refractivity contribution in [1.29, 1.82) is 0 Å². The van der Waals surface area contributed by atoms with Crippen molar-refractivity contribution in [3.05, 3.63) is 83.8 Å². The molecule has 0 saturated carbocycles. The molecule has 2 amide bonds. The summed E-state index contributed by atoms with van der Waals surface area (Å²) in [5.74, 6) is -0.0377. The number of carbonyl (C=O) groups is 2. The zero-order valence-corrected chi connectivity index (χ0v) is 13.4. The maximum Gasteiger partial charge on any atom is 0.293 e. The number of benzene rings is 2. The minimum Gasteiger partial charge on any atom is -0.459 e. The van der Waals surface area contributed by atoms with E-state index in [1.54, 1.807) is 29.2 Å². The molecule has 0 radical (unpaired) electrons. The van der Waals surface area contributed by atoms with Crippen LogP contribution < -0.4 is 10.2 Å². The number of hydrogen-bond acceptors (Lipinski definition) is 3. The van der Waals surface area contributed by atoms with Crippen LogP contribution in [-0.4, -0.2) is 18.4 Å². The van der Waals surface area contributed by atoms with Gasteiger partial charge in [-0.25, -0.2) is 0 Å². The molecule has 5 nitrogen and oxygen atoms in total.